The Morgan fingerprint density at radius 3 is 1.65 bits per heavy atom. The Morgan fingerprint density at radius 1 is 1.00 bits per heavy atom. The maximum Gasteiger partial charge on any atom is 1.00 e. The van der Waals surface area contributed by atoms with Crippen molar-refractivity contribution in [2.24, 2.45) is 0 Å². The molecule has 0 aliphatic rings. The monoisotopic (exact) mass is 366 g/mol. The van der Waals surface area contributed by atoms with E-state index in [1.54, 1.807) is 6.07 Å². The minimum atomic E-state index is -4.95. The van der Waals surface area contributed by atoms with Crippen molar-refractivity contribution in [1.82, 2.24) is 0 Å². The van der Waals surface area contributed by atoms with E-state index < -0.39 is 19.5 Å². The predicted molar refractivity (Wildman–Crippen MR) is 43.9 cm³/mol. The molecule has 0 N–H and O–H groups in total. The molecule has 20 heavy (non-hydrogen) atoms. The van der Waals surface area contributed by atoms with Crippen LogP contribution in [-0.4, -0.2) is 19.5 Å². The summed E-state index contributed by atoms with van der Waals surface area (Å²) in [5.41, 5.74) is 0. The van der Waals surface area contributed by atoms with Gasteiger partial charge in [-0.15, -0.1) is 0 Å². The van der Waals surface area contributed by atoms with Crippen LogP contribution in [0, 0.1) is 0 Å². The molecule has 0 aliphatic heterocycles. The first-order valence-electron chi connectivity index (χ1n) is 4.05. The predicted octanol–water partition coefficient (Wildman–Crippen LogP) is -10.8. The van der Waals surface area contributed by atoms with Gasteiger partial charge in [0.05, 0.1) is 0 Å². The fourth-order valence-corrected chi connectivity index (χ4v) is 0.653. The fourth-order valence-electron chi connectivity index (χ4n) is 0.653. The second-order valence-electron chi connectivity index (χ2n) is 2.49. The van der Waals surface area contributed by atoms with Crippen molar-refractivity contribution in [1.29, 1.82) is 0 Å². The molecule has 0 saturated heterocycles. The Morgan fingerprint density at radius 2 is 1.35 bits per heavy atom. The molecule has 0 amide bonds. The number of halogens is 3. The fraction of sp³-hybridized carbons (Fsp3) is 0.125. The van der Waals surface area contributed by atoms with E-state index in [4.69, 9.17) is 15.1 Å². The first-order chi connectivity index (χ1) is 7.73. The van der Waals surface area contributed by atoms with E-state index in [1.165, 1.54) is 24.3 Å². The van der Waals surface area contributed by atoms with Crippen LogP contribution in [0.2, 0.25) is 0 Å². The van der Waals surface area contributed by atoms with E-state index >= 15 is 0 Å². The first kappa shape index (κ1) is 31.1. The molecule has 94 valence electrons. The zero-order valence-electron chi connectivity index (χ0n) is 11.1. The van der Waals surface area contributed by atoms with Crippen LogP contribution in [0.4, 0.5) is 13.2 Å². The second-order valence-corrected chi connectivity index (χ2v) is 2.49. The van der Waals surface area contributed by atoms with Gasteiger partial charge in [-0.2, -0.15) is 13.2 Å². The summed E-state index contributed by atoms with van der Waals surface area (Å²) in [6.45, 7) is 0. The Kier molecular flexibility index (Phi) is 26.7. The third kappa shape index (κ3) is 19.4. The van der Waals surface area contributed by atoms with Gasteiger partial charge in [-0.25, -0.2) is 4.79 Å². The topological polar surface area (TPSA) is 95.5 Å². The van der Waals surface area contributed by atoms with E-state index in [0.717, 1.165) is 0 Å². The molecule has 0 saturated carbocycles. The molecule has 0 aromatic heterocycles. The van der Waals surface area contributed by atoms with Crippen LogP contribution in [0.3, 0.4) is 0 Å². The molecule has 1 aromatic rings. The van der Waals surface area contributed by atoms with Crippen LogP contribution in [0.25, 0.3) is 0 Å². The SMILES string of the molecule is O=C(Oc1ccccc1)C(F)(F)F.[K+].[K+].[K+].[O-]B([O-])[O-]. The van der Waals surface area contributed by atoms with Crippen molar-refractivity contribution in [2.45, 2.75) is 6.18 Å². The molecule has 12 heteroatoms. The average molecular weight is 366 g/mol. The zero-order valence-corrected chi connectivity index (χ0v) is 20.5. The van der Waals surface area contributed by atoms with Crippen molar-refractivity contribution >= 4 is 13.3 Å². The van der Waals surface area contributed by atoms with Crippen molar-refractivity contribution in [3.63, 3.8) is 0 Å². The van der Waals surface area contributed by atoms with Crippen molar-refractivity contribution in [3.05, 3.63) is 30.3 Å². The van der Waals surface area contributed by atoms with Gasteiger partial charge in [-0.05, 0) is 12.1 Å². The molecule has 5 nitrogen and oxygen atoms in total. The Balaban J connectivity index is -0.000000164. The minimum absolute atomic E-state index is 0. The number of carbonyl (C=O) groups excluding carboxylic acids is 1. The number of esters is 1. The molecular weight excluding hydrogens is 361 g/mol. The van der Waals surface area contributed by atoms with E-state index in [2.05, 4.69) is 4.74 Å². The first-order valence-corrected chi connectivity index (χ1v) is 4.05. The van der Waals surface area contributed by atoms with Crippen molar-refractivity contribution in [3.8, 4) is 5.75 Å². The molecule has 0 unspecified atom stereocenters. The second kappa shape index (κ2) is 17.2. The molecule has 0 aliphatic carbocycles. The molecule has 0 radical (unpaired) electrons. The Bertz CT molecular complexity index is 350. The van der Waals surface area contributed by atoms with Gasteiger partial charge < -0.3 is 19.8 Å². The van der Waals surface area contributed by atoms with Gasteiger partial charge in [0.2, 0.25) is 0 Å². The quantitative estimate of drug-likeness (QED) is 0.280. The van der Waals surface area contributed by atoms with Crippen LogP contribution in [0.5, 0.6) is 5.75 Å². The van der Waals surface area contributed by atoms with Crippen LogP contribution >= 0.6 is 0 Å². The number of hydrogen-bond acceptors (Lipinski definition) is 5. The summed E-state index contributed by atoms with van der Waals surface area (Å²) in [5.74, 6) is -2.33. The number of hydrogen-bond donors (Lipinski definition) is 0. The summed E-state index contributed by atoms with van der Waals surface area (Å²) in [6.07, 6.45) is -4.95. The van der Waals surface area contributed by atoms with E-state index in [0.29, 0.717) is 0 Å². The Hall–Kier alpha value is 3.33. The van der Waals surface area contributed by atoms with Crippen LogP contribution in [0.15, 0.2) is 30.3 Å². The molecule has 0 atom stereocenters. The minimum Gasteiger partial charge on any atom is -0.907 e. The summed E-state index contributed by atoms with van der Waals surface area (Å²) in [6, 6.07) is 7.08. The molecule has 0 bridgehead atoms. The van der Waals surface area contributed by atoms with Gasteiger partial charge in [-0.1, -0.05) is 18.2 Å². The van der Waals surface area contributed by atoms with Gasteiger partial charge in [-0.3, -0.25) is 7.32 Å². The van der Waals surface area contributed by atoms with Crippen molar-refractivity contribution < 1.29 is 192 Å². The normalized spacial score (nSPS) is 8.50. The van der Waals surface area contributed by atoms with Gasteiger partial charge in [0.25, 0.3) is 0 Å². The van der Waals surface area contributed by atoms with Crippen molar-refractivity contribution in [2.75, 3.05) is 0 Å². The van der Waals surface area contributed by atoms with Gasteiger partial charge in [0.1, 0.15) is 5.75 Å². The van der Waals surface area contributed by atoms with Crippen LogP contribution in [0.1, 0.15) is 0 Å². The summed E-state index contributed by atoms with van der Waals surface area (Å²) in [5, 5.41) is 25.2. The largest absolute Gasteiger partial charge is 1.00 e. The third-order valence-corrected chi connectivity index (χ3v) is 1.19. The summed E-state index contributed by atoms with van der Waals surface area (Å²) in [4.78, 5) is 10.3. The maximum atomic E-state index is 11.7. The summed E-state index contributed by atoms with van der Waals surface area (Å²) < 4.78 is 39.0. The molecule has 1 rings (SSSR count). The third-order valence-electron chi connectivity index (χ3n) is 1.19. The number of ether oxygens (including phenoxy) is 1. The number of rotatable bonds is 1. The number of carbonyl (C=O) groups is 1. The molecule has 0 spiro atoms. The smallest absolute Gasteiger partial charge is 0.907 e. The molecule has 1 aromatic carbocycles. The van der Waals surface area contributed by atoms with Crippen LogP contribution < -0.4 is 174 Å². The van der Waals surface area contributed by atoms with E-state index in [9.17, 15) is 18.0 Å². The number of para-hydroxylation sites is 1. The maximum absolute atomic E-state index is 11.7. The molecular formula is C8H5BF3K3O5. The molecule has 0 heterocycles. The summed E-state index contributed by atoms with van der Waals surface area (Å²) >= 11 is 0. The number of benzene rings is 1. The van der Waals surface area contributed by atoms with Gasteiger partial charge in [0.15, 0.2) is 0 Å². The number of alkyl halides is 3. The zero-order chi connectivity index (χ0) is 13.5. The molecule has 0 fully saturated rings. The average Bonchev–Trinajstić information content (AvgIpc) is 2.16. The van der Waals surface area contributed by atoms with E-state index in [-0.39, 0.29) is 160 Å². The standard InChI is InChI=1S/C8H5F3O2.BO3.3K/c9-8(10,11)7(12)13-6-4-2-1-3-5-6;2-1(3)4;;;/h1-5H;;;;/q;-3;3*+1. The van der Waals surface area contributed by atoms with E-state index in [1.807, 2.05) is 0 Å². The van der Waals surface area contributed by atoms with Gasteiger partial charge in [0, 0.05) is 0 Å². The van der Waals surface area contributed by atoms with Gasteiger partial charge >= 0.3 is 166 Å². The van der Waals surface area contributed by atoms with Crippen LogP contribution in [-0.2, 0) is 4.79 Å². The summed E-state index contributed by atoms with van der Waals surface area (Å²) in [7, 11) is -2.92. The Labute approximate surface area is 241 Å².